The molecule has 0 aromatic rings. The van der Waals surface area contributed by atoms with Crippen molar-refractivity contribution in [3.05, 3.63) is 59.3 Å². The van der Waals surface area contributed by atoms with E-state index in [2.05, 4.69) is 0 Å². The van der Waals surface area contributed by atoms with E-state index < -0.39 is 12.2 Å². The zero-order valence-electron chi connectivity index (χ0n) is 14.9. The van der Waals surface area contributed by atoms with Gasteiger partial charge in [-0.3, -0.25) is 4.79 Å². The number of hydrogen-bond acceptors (Lipinski definition) is 3. The quantitative estimate of drug-likeness (QED) is 0.498. The van der Waals surface area contributed by atoms with E-state index in [9.17, 15) is 15.0 Å². The van der Waals surface area contributed by atoms with Gasteiger partial charge < -0.3 is 10.2 Å². The zero-order valence-corrected chi connectivity index (χ0v) is 14.9. The van der Waals surface area contributed by atoms with Crippen molar-refractivity contribution in [2.75, 3.05) is 0 Å². The number of hydrogen-bond donors (Lipinski definition) is 2. The Balaban J connectivity index is 4.53. The van der Waals surface area contributed by atoms with Gasteiger partial charge in [0.15, 0.2) is 5.78 Å². The van der Waals surface area contributed by atoms with Gasteiger partial charge in [-0.15, -0.1) is 0 Å². The second-order valence-corrected chi connectivity index (χ2v) is 6.02. The minimum Gasteiger partial charge on any atom is -0.393 e. The Morgan fingerprint density at radius 2 is 1.61 bits per heavy atom. The van der Waals surface area contributed by atoms with E-state index in [4.69, 9.17) is 0 Å². The summed E-state index contributed by atoms with van der Waals surface area (Å²) >= 11 is 0. The summed E-state index contributed by atoms with van der Waals surface area (Å²) in [6, 6.07) is 0. The topological polar surface area (TPSA) is 57.5 Å². The zero-order chi connectivity index (χ0) is 17.8. The maximum atomic E-state index is 10.9. The molecule has 0 unspecified atom stereocenters. The fraction of sp³-hybridized carbons (Fsp3) is 0.450. The average molecular weight is 318 g/mol. The summed E-state index contributed by atoms with van der Waals surface area (Å²) < 4.78 is 0. The number of carbonyl (C=O) groups excluding carboxylic acids is 1. The second kappa shape index (κ2) is 11.8. The molecule has 0 spiro atoms. The molecule has 0 aromatic carbocycles. The predicted molar refractivity (Wildman–Crippen MR) is 97.2 cm³/mol. The van der Waals surface area contributed by atoms with Crippen LogP contribution in [0, 0.1) is 0 Å². The van der Waals surface area contributed by atoms with E-state index in [0.717, 1.165) is 16.7 Å². The smallest absolute Gasteiger partial charge is 0.152 e. The van der Waals surface area contributed by atoms with Crippen LogP contribution in [-0.2, 0) is 4.79 Å². The molecule has 0 aliphatic heterocycles. The lowest BCUT2D eigenvalue weighted by Gasteiger charge is -2.09. The van der Waals surface area contributed by atoms with Gasteiger partial charge in [-0.2, -0.15) is 0 Å². The standard InChI is InChI=1S/C20H30O3/c1-15(10-12-20(23)14-19(5)22)7-6-8-16(2)13-17(3)9-11-18(4)21/h6-11,13,19-20,22-23H,12,14H2,1-5H3/t19-,20+/m0/s1. The highest BCUT2D eigenvalue weighted by atomic mass is 16.3. The van der Waals surface area contributed by atoms with Crippen LogP contribution in [0.4, 0.5) is 0 Å². The van der Waals surface area contributed by atoms with Crippen molar-refractivity contribution in [1.29, 1.82) is 0 Å². The maximum absolute atomic E-state index is 10.9. The van der Waals surface area contributed by atoms with E-state index in [1.54, 1.807) is 19.1 Å². The van der Waals surface area contributed by atoms with E-state index >= 15 is 0 Å². The van der Waals surface area contributed by atoms with Gasteiger partial charge in [-0.1, -0.05) is 53.2 Å². The first-order valence-electron chi connectivity index (χ1n) is 7.95. The Kier molecular flexibility index (Phi) is 10.9. The van der Waals surface area contributed by atoms with E-state index in [1.165, 1.54) is 6.92 Å². The van der Waals surface area contributed by atoms with Crippen molar-refractivity contribution in [2.24, 2.45) is 0 Å². The second-order valence-electron chi connectivity index (χ2n) is 6.02. The number of allylic oxidation sites excluding steroid dienone is 9. The summed E-state index contributed by atoms with van der Waals surface area (Å²) in [6.07, 6.45) is 13.2. The first kappa shape index (κ1) is 21.3. The van der Waals surface area contributed by atoms with Crippen molar-refractivity contribution >= 4 is 5.78 Å². The Bertz CT molecular complexity index is 517. The Labute approximate surface area is 140 Å². The Hall–Kier alpha value is -1.71. The summed E-state index contributed by atoms with van der Waals surface area (Å²) in [5.74, 6) is 0.0396. The third-order valence-corrected chi connectivity index (χ3v) is 3.08. The molecule has 0 saturated carbocycles. The monoisotopic (exact) mass is 318 g/mol. The Morgan fingerprint density at radius 1 is 0.957 bits per heavy atom. The van der Waals surface area contributed by atoms with Crippen molar-refractivity contribution in [1.82, 2.24) is 0 Å². The lowest BCUT2D eigenvalue weighted by atomic mass is 10.1. The third-order valence-electron chi connectivity index (χ3n) is 3.08. The number of aliphatic hydroxyl groups excluding tert-OH is 2. The first-order valence-corrected chi connectivity index (χ1v) is 7.95. The molecule has 128 valence electrons. The molecule has 0 aromatic heterocycles. The van der Waals surface area contributed by atoms with Crippen LogP contribution < -0.4 is 0 Å². The number of ketones is 1. The van der Waals surface area contributed by atoms with Crippen LogP contribution in [0.5, 0.6) is 0 Å². The van der Waals surface area contributed by atoms with Crippen LogP contribution in [0.3, 0.4) is 0 Å². The number of rotatable bonds is 9. The van der Waals surface area contributed by atoms with Gasteiger partial charge in [-0.25, -0.2) is 0 Å². The highest BCUT2D eigenvalue weighted by Crippen LogP contribution is 2.07. The lowest BCUT2D eigenvalue weighted by molar-refractivity contribution is -0.112. The van der Waals surface area contributed by atoms with Crippen molar-refractivity contribution in [3.8, 4) is 0 Å². The van der Waals surface area contributed by atoms with Crippen LogP contribution in [0.15, 0.2) is 59.3 Å². The molecular weight excluding hydrogens is 288 g/mol. The van der Waals surface area contributed by atoms with Crippen LogP contribution >= 0.6 is 0 Å². The van der Waals surface area contributed by atoms with Crippen LogP contribution in [0.1, 0.15) is 47.5 Å². The van der Waals surface area contributed by atoms with Gasteiger partial charge in [0.1, 0.15) is 0 Å². The molecule has 2 N–H and O–H groups in total. The molecule has 3 heteroatoms. The van der Waals surface area contributed by atoms with Gasteiger partial charge >= 0.3 is 0 Å². The molecular formula is C20H30O3. The summed E-state index contributed by atoms with van der Waals surface area (Å²) in [7, 11) is 0. The average Bonchev–Trinajstić information content (AvgIpc) is 2.42. The van der Waals surface area contributed by atoms with Crippen molar-refractivity contribution in [2.45, 2.75) is 59.7 Å². The number of aliphatic hydroxyl groups is 2. The Morgan fingerprint density at radius 3 is 2.17 bits per heavy atom. The van der Waals surface area contributed by atoms with Crippen LogP contribution in [0.25, 0.3) is 0 Å². The minimum absolute atomic E-state index is 0.0396. The molecule has 0 amide bonds. The summed E-state index contributed by atoms with van der Waals surface area (Å²) in [5, 5.41) is 18.9. The SMILES string of the molecule is CC(=O)C=CC(C)=CC(C)=CC=CC(C)=CC[C@@H](O)C[C@H](C)O. The van der Waals surface area contributed by atoms with Crippen molar-refractivity contribution < 1.29 is 15.0 Å². The molecule has 0 saturated heterocycles. The molecule has 3 nitrogen and oxygen atoms in total. The van der Waals surface area contributed by atoms with E-state index in [-0.39, 0.29) is 5.78 Å². The highest BCUT2D eigenvalue weighted by molar-refractivity contribution is 5.87. The lowest BCUT2D eigenvalue weighted by Crippen LogP contribution is -2.13. The largest absolute Gasteiger partial charge is 0.393 e. The molecule has 0 aliphatic carbocycles. The summed E-state index contributed by atoms with van der Waals surface area (Å²) in [4.78, 5) is 10.9. The molecule has 23 heavy (non-hydrogen) atoms. The van der Waals surface area contributed by atoms with Gasteiger partial charge in [0.25, 0.3) is 0 Å². The first-order chi connectivity index (χ1) is 10.7. The van der Waals surface area contributed by atoms with Gasteiger partial charge in [0.2, 0.25) is 0 Å². The predicted octanol–water partition coefficient (Wildman–Crippen LogP) is 4.05. The minimum atomic E-state index is -0.505. The molecule has 0 heterocycles. The van der Waals surface area contributed by atoms with Gasteiger partial charge in [0.05, 0.1) is 12.2 Å². The fourth-order valence-electron chi connectivity index (χ4n) is 1.94. The maximum Gasteiger partial charge on any atom is 0.152 e. The van der Waals surface area contributed by atoms with Gasteiger partial charge in [0, 0.05) is 0 Å². The van der Waals surface area contributed by atoms with Crippen LogP contribution in [0.2, 0.25) is 0 Å². The van der Waals surface area contributed by atoms with E-state index in [0.29, 0.717) is 12.8 Å². The molecule has 0 radical (unpaired) electrons. The van der Waals surface area contributed by atoms with Crippen molar-refractivity contribution in [3.63, 3.8) is 0 Å². The summed E-state index contributed by atoms with van der Waals surface area (Å²) in [5.41, 5.74) is 3.18. The molecule has 0 aliphatic rings. The highest BCUT2D eigenvalue weighted by Gasteiger charge is 2.05. The van der Waals surface area contributed by atoms with Gasteiger partial charge in [-0.05, 0) is 53.5 Å². The third kappa shape index (κ3) is 13.7. The molecule has 0 fully saturated rings. The fourth-order valence-corrected chi connectivity index (χ4v) is 1.94. The molecule has 2 atom stereocenters. The molecule has 0 bridgehead atoms. The summed E-state index contributed by atoms with van der Waals surface area (Å²) in [6.45, 7) is 9.14. The van der Waals surface area contributed by atoms with E-state index in [1.807, 2.05) is 51.2 Å². The number of carbonyl (C=O) groups is 1. The van der Waals surface area contributed by atoms with Crippen LogP contribution in [-0.4, -0.2) is 28.2 Å². The normalized spacial score (nSPS) is 17.1. The molecule has 0 rings (SSSR count).